The van der Waals surface area contributed by atoms with Crippen LogP contribution in [-0.4, -0.2) is 31.2 Å². The van der Waals surface area contributed by atoms with Crippen LogP contribution >= 0.6 is 0 Å². The summed E-state index contributed by atoms with van der Waals surface area (Å²) in [5.41, 5.74) is -0.303. The molecule has 7 heteroatoms. The van der Waals surface area contributed by atoms with Crippen molar-refractivity contribution in [3.8, 4) is 0 Å². The number of benzene rings is 1. The fourth-order valence-corrected chi connectivity index (χ4v) is 1.68. The van der Waals surface area contributed by atoms with Gasteiger partial charge in [0.25, 0.3) is 0 Å². The topological polar surface area (TPSA) is 55.4 Å². The monoisotopic (exact) mass is 315 g/mol. The van der Waals surface area contributed by atoms with Crippen LogP contribution in [0.3, 0.4) is 0 Å². The summed E-state index contributed by atoms with van der Waals surface area (Å²) in [6.07, 6.45) is -4.05. The zero-order chi connectivity index (χ0) is 16.8. The molecule has 0 radical (unpaired) electrons. The lowest BCUT2D eigenvalue weighted by atomic mass is 10.1. The summed E-state index contributed by atoms with van der Waals surface area (Å²) in [7, 11) is 1.14. The minimum atomic E-state index is -4.59. The molecule has 1 rings (SSSR count). The van der Waals surface area contributed by atoms with Gasteiger partial charge in [-0.15, -0.1) is 0 Å². The van der Waals surface area contributed by atoms with E-state index in [9.17, 15) is 22.8 Å². The van der Waals surface area contributed by atoms with E-state index in [1.807, 2.05) is 0 Å². The highest BCUT2D eigenvalue weighted by Gasteiger charge is 2.31. The van der Waals surface area contributed by atoms with Gasteiger partial charge in [0.2, 0.25) is 5.91 Å². The fraction of sp³-hybridized carbons (Fsp3) is 0.333. The zero-order valence-corrected chi connectivity index (χ0v) is 12.1. The first-order valence-corrected chi connectivity index (χ1v) is 6.41. The molecule has 1 aromatic carbocycles. The number of hydrogen-bond acceptors (Lipinski definition) is 3. The van der Waals surface area contributed by atoms with Gasteiger partial charge in [0, 0.05) is 18.1 Å². The van der Waals surface area contributed by atoms with Gasteiger partial charge in [0.05, 0.1) is 7.11 Å². The Bertz CT molecular complexity index is 553. The molecule has 0 saturated heterocycles. The van der Waals surface area contributed by atoms with Crippen LogP contribution in [0.4, 0.5) is 13.2 Å². The van der Waals surface area contributed by atoms with E-state index in [0.717, 1.165) is 19.6 Å². The Hall–Kier alpha value is -2.31. The predicted octanol–water partition coefficient (Wildman–Crippen LogP) is 2.40. The van der Waals surface area contributed by atoms with Crippen molar-refractivity contribution in [1.29, 1.82) is 0 Å². The van der Waals surface area contributed by atoms with Gasteiger partial charge in [-0.2, -0.15) is 13.2 Å². The van der Waals surface area contributed by atoms with Crippen LogP contribution in [0.5, 0.6) is 0 Å². The maximum atomic E-state index is 12.4. The summed E-state index contributed by atoms with van der Waals surface area (Å²) in [4.78, 5) is 23.3. The summed E-state index contributed by atoms with van der Waals surface area (Å²) in [6.45, 7) is 0.782. The van der Waals surface area contributed by atoms with E-state index in [1.54, 1.807) is 30.3 Å². The Labute approximate surface area is 126 Å². The van der Waals surface area contributed by atoms with Crippen molar-refractivity contribution in [2.24, 2.45) is 0 Å². The molecule has 4 nitrogen and oxygen atoms in total. The summed E-state index contributed by atoms with van der Waals surface area (Å²) in [5.74, 6) is -1.73. The van der Waals surface area contributed by atoms with Crippen LogP contribution in [0.1, 0.15) is 12.5 Å². The molecule has 1 aromatic rings. The van der Waals surface area contributed by atoms with Crippen LogP contribution in [0, 0.1) is 0 Å². The third-order valence-electron chi connectivity index (χ3n) is 2.88. The van der Waals surface area contributed by atoms with Crippen LogP contribution in [-0.2, 0) is 20.7 Å². The van der Waals surface area contributed by atoms with Crippen molar-refractivity contribution in [2.75, 3.05) is 7.11 Å². The molecule has 0 aliphatic carbocycles. The van der Waals surface area contributed by atoms with E-state index in [-0.39, 0.29) is 6.42 Å². The molecule has 0 bridgehead atoms. The van der Waals surface area contributed by atoms with Crippen molar-refractivity contribution >= 4 is 11.9 Å². The van der Waals surface area contributed by atoms with E-state index in [4.69, 9.17) is 0 Å². The van der Waals surface area contributed by atoms with Gasteiger partial charge in [0.1, 0.15) is 6.04 Å². The van der Waals surface area contributed by atoms with Crippen LogP contribution in [0.15, 0.2) is 42.0 Å². The quantitative estimate of drug-likeness (QED) is 0.670. The molecule has 1 atom stereocenters. The van der Waals surface area contributed by atoms with Crippen LogP contribution < -0.4 is 5.32 Å². The SMILES string of the molecule is COC(=O)C(Cc1ccccc1)NC(=O)/C=C(/C)C(F)(F)F. The molecule has 120 valence electrons. The standard InChI is InChI=1S/C15H16F3NO3/c1-10(15(16,17)18)8-13(20)19-12(14(21)22-2)9-11-6-4-3-5-7-11/h3-8,12H,9H2,1-2H3,(H,19,20)/b10-8-. The second kappa shape index (κ2) is 7.63. The molecule has 1 unspecified atom stereocenters. The molecule has 1 N–H and O–H groups in total. The number of allylic oxidation sites excluding steroid dienone is 1. The Kier molecular flexibility index (Phi) is 6.15. The summed E-state index contributed by atoms with van der Waals surface area (Å²) < 4.78 is 41.7. The van der Waals surface area contributed by atoms with Gasteiger partial charge in [0.15, 0.2) is 0 Å². The number of alkyl halides is 3. The van der Waals surface area contributed by atoms with Gasteiger partial charge >= 0.3 is 12.1 Å². The molecule has 0 saturated carbocycles. The number of methoxy groups -OCH3 is 1. The Morgan fingerprint density at radius 2 is 1.86 bits per heavy atom. The molecule has 0 aliphatic rings. The average molecular weight is 315 g/mol. The minimum Gasteiger partial charge on any atom is -0.467 e. The van der Waals surface area contributed by atoms with E-state index in [2.05, 4.69) is 10.1 Å². The van der Waals surface area contributed by atoms with Gasteiger partial charge < -0.3 is 10.1 Å². The van der Waals surface area contributed by atoms with E-state index < -0.39 is 29.7 Å². The fourth-order valence-electron chi connectivity index (χ4n) is 1.68. The maximum Gasteiger partial charge on any atom is 0.412 e. The number of amides is 1. The molecule has 0 aromatic heterocycles. The number of carbonyl (C=O) groups excluding carboxylic acids is 2. The van der Waals surface area contributed by atoms with Crippen molar-refractivity contribution in [3.05, 3.63) is 47.5 Å². The molecular formula is C15H16F3NO3. The number of halogens is 3. The Balaban J connectivity index is 2.82. The van der Waals surface area contributed by atoms with Crippen molar-refractivity contribution in [3.63, 3.8) is 0 Å². The molecule has 0 heterocycles. The number of nitrogens with one attached hydrogen (secondary N) is 1. The first kappa shape index (κ1) is 17.7. The summed E-state index contributed by atoms with van der Waals surface area (Å²) in [5, 5.41) is 2.23. The van der Waals surface area contributed by atoms with Crippen molar-refractivity contribution in [1.82, 2.24) is 5.32 Å². The van der Waals surface area contributed by atoms with E-state index >= 15 is 0 Å². The normalized spacial score (nSPS) is 13.4. The third kappa shape index (κ3) is 5.59. The lowest BCUT2D eigenvalue weighted by Gasteiger charge is -2.16. The molecule has 1 amide bonds. The zero-order valence-electron chi connectivity index (χ0n) is 12.1. The van der Waals surface area contributed by atoms with E-state index in [0.29, 0.717) is 6.08 Å². The van der Waals surface area contributed by atoms with Gasteiger partial charge in [-0.05, 0) is 12.5 Å². The number of carbonyl (C=O) groups is 2. The molecular weight excluding hydrogens is 299 g/mol. The third-order valence-corrected chi connectivity index (χ3v) is 2.88. The van der Waals surface area contributed by atoms with Crippen LogP contribution in [0.25, 0.3) is 0 Å². The largest absolute Gasteiger partial charge is 0.467 e. The smallest absolute Gasteiger partial charge is 0.412 e. The Morgan fingerprint density at radius 1 is 1.27 bits per heavy atom. The highest BCUT2D eigenvalue weighted by Crippen LogP contribution is 2.24. The highest BCUT2D eigenvalue weighted by atomic mass is 19.4. The molecule has 22 heavy (non-hydrogen) atoms. The number of hydrogen-bond donors (Lipinski definition) is 1. The second-order valence-electron chi connectivity index (χ2n) is 4.60. The summed E-state index contributed by atoms with van der Waals surface area (Å²) in [6, 6.07) is 7.69. The Morgan fingerprint density at radius 3 is 2.36 bits per heavy atom. The lowest BCUT2D eigenvalue weighted by Crippen LogP contribution is -2.42. The van der Waals surface area contributed by atoms with Gasteiger partial charge in [-0.3, -0.25) is 4.79 Å². The van der Waals surface area contributed by atoms with E-state index in [1.165, 1.54) is 0 Å². The lowest BCUT2D eigenvalue weighted by molar-refractivity contribution is -0.144. The number of rotatable bonds is 5. The summed E-state index contributed by atoms with van der Waals surface area (Å²) >= 11 is 0. The van der Waals surface area contributed by atoms with Crippen LogP contribution in [0.2, 0.25) is 0 Å². The first-order valence-electron chi connectivity index (χ1n) is 6.41. The average Bonchev–Trinajstić information content (AvgIpc) is 2.45. The van der Waals surface area contributed by atoms with Gasteiger partial charge in [-0.1, -0.05) is 30.3 Å². The molecule has 0 aliphatic heterocycles. The van der Waals surface area contributed by atoms with Crippen molar-refractivity contribution in [2.45, 2.75) is 25.6 Å². The first-order chi connectivity index (χ1) is 10.2. The molecule has 0 spiro atoms. The maximum absolute atomic E-state index is 12.4. The number of ether oxygens (including phenoxy) is 1. The highest BCUT2D eigenvalue weighted by molar-refractivity contribution is 5.92. The number of esters is 1. The minimum absolute atomic E-state index is 0.123. The molecule has 0 fully saturated rings. The second-order valence-corrected chi connectivity index (χ2v) is 4.60. The predicted molar refractivity (Wildman–Crippen MR) is 73.9 cm³/mol. The van der Waals surface area contributed by atoms with Crippen molar-refractivity contribution < 1.29 is 27.5 Å². The van der Waals surface area contributed by atoms with Gasteiger partial charge in [-0.25, -0.2) is 4.79 Å².